The Morgan fingerprint density at radius 2 is 2.12 bits per heavy atom. The Morgan fingerprint density at radius 3 is 2.69 bits per heavy atom. The minimum atomic E-state index is 0.404. The SMILES string of the molecule is CCNC(CC(C)CC)c1ncccc1C. The molecule has 2 atom stereocenters. The van der Waals surface area contributed by atoms with E-state index in [-0.39, 0.29) is 0 Å². The summed E-state index contributed by atoms with van der Waals surface area (Å²) in [5, 5.41) is 3.54. The molecule has 0 saturated carbocycles. The van der Waals surface area contributed by atoms with Gasteiger partial charge in [0.1, 0.15) is 0 Å². The lowest BCUT2D eigenvalue weighted by Crippen LogP contribution is -2.24. The molecule has 16 heavy (non-hydrogen) atoms. The van der Waals surface area contributed by atoms with Gasteiger partial charge in [0.05, 0.1) is 5.69 Å². The molecule has 2 nitrogen and oxygen atoms in total. The molecule has 2 heteroatoms. The average molecular weight is 220 g/mol. The summed E-state index contributed by atoms with van der Waals surface area (Å²) in [6, 6.07) is 4.55. The van der Waals surface area contributed by atoms with Crippen LogP contribution in [0.3, 0.4) is 0 Å². The number of nitrogens with one attached hydrogen (secondary N) is 1. The van der Waals surface area contributed by atoms with Crippen LogP contribution < -0.4 is 5.32 Å². The van der Waals surface area contributed by atoms with Crippen molar-refractivity contribution >= 4 is 0 Å². The van der Waals surface area contributed by atoms with Gasteiger partial charge in [-0.1, -0.05) is 33.3 Å². The molecule has 0 radical (unpaired) electrons. The summed E-state index contributed by atoms with van der Waals surface area (Å²) in [6.45, 7) is 9.85. The zero-order chi connectivity index (χ0) is 12.0. The molecule has 0 saturated heterocycles. The molecule has 0 amide bonds. The molecule has 0 bridgehead atoms. The molecule has 0 aliphatic carbocycles. The molecule has 0 fully saturated rings. The zero-order valence-electron chi connectivity index (χ0n) is 11.0. The Kier molecular flexibility index (Phi) is 5.47. The summed E-state index contributed by atoms with van der Waals surface area (Å²) in [5.41, 5.74) is 2.50. The Bertz CT molecular complexity index is 309. The van der Waals surface area contributed by atoms with Gasteiger partial charge in [0.25, 0.3) is 0 Å². The van der Waals surface area contributed by atoms with Crippen LogP contribution >= 0.6 is 0 Å². The topological polar surface area (TPSA) is 24.9 Å². The van der Waals surface area contributed by atoms with E-state index in [9.17, 15) is 0 Å². The predicted octanol–water partition coefficient (Wildman–Crippen LogP) is 3.48. The van der Waals surface area contributed by atoms with Crippen LogP contribution in [0.25, 0.3) is 0 Å². The van der Waals surface area contributed by atoms with Crippen molar-refractivity contribution in [3.05, 3.63) is 29.6 Å². The van der Waals surface area contributed by atoms with Crippen LogP contribution in [0.2, 0.25) is 0 Å². The van der Waals surface area contributed by atoms with Crippen LogP contribution in [0.1, 0.15) is 50.9 Å². The highest BCUT2D eigenvalue weighted by molar-refractivity contribution is 5.21. The normalized spacial score (nSPS) is 14.8. The molecule has 1 rings (SSSR count). The molecule has 2 unspecified atom stereocenters. The number of aromatic nitrogens is 1. The van der Waals surface area contributed by atoms with Crippen molar-refractivity contribution in [3.63, 3.8) is 0 Å². The molecule has 1 aromatic heterocycles. The monoisotopic (exact) mass is 220 g/mol. The largest absolute Gasteiger partial charge is 0.309 e. The van der Waals surface area contributed by atoms with E-state index >= 15 is 0 Å². The van der Waals surface area contributed by atoms with Gasteiger partial charge in [-0.2, -0.15) is 0 Å². The third-order valence-electron chi connectivity index (χ3n) is 3.17. The molecule has 0 aliphatic rings. The van der Waals surface area contributed by atoms with Gasteiger partial charge in [0, 0.05) is 12.2 Å². The van der Waals surface area contributed by atoms with E-state index in [2.05, 4.69) is 44.1 Å². The Labute approximate surface area is 99.5 Å². The summed E-state index contributed by atoms with van der Waals surface area (Å²) >= 11 is 0. The number of aryl methyl sites for hydroxylation is 1. The van der Waals surface area contributed by atoms with Crippen molar-refractivity contribution in [3.8, 4) is 0 Å². The van der Waals surface area contributed by atoms with Crippen LogP contribution in [0.15, 0.2) is 18.3 Å². The zero-order valence-corrected chi connectivity index (χ0v) is 11.0. The molecule has 1 aromatic rings. The quantitative estimate of drug-likeness (QED) is 0.794. The fraction of sp³-hybridized carbons (Fsp3) is 0.643. The van der Waals surface area contributed by atoms with Crippen molar-refractivity contribution in [2.75, 3.05) is 6.54 Å². The summed E-state index contributed by atoms with van der Waals surface area (Å²) < 4.78 is 0. The lowest BCUT2D eigenvalue weighted by molar-refractivity contribution is 0.401. The Morgan fingerprint density at radius 1 is 1.38 bits per heavy atom. The van der Waals surface area contributed by atoms with E-state index in [0.29, 0.717) is 6.04 Å². The van der Waals surface area contributed by atoms with Gasteiger partial charge in [0.2, 0.25) is 0 Å². The van der Waals surface area contributed by atoms with E-state index < -0.39 is 0 Å². The van der Waals surface area contributed by atoms with Gasteiger partial charge in [0.15, 0.2) is 0 Å². The molecular weight excluding hydrogens is 196 g/mol. The summed E-state index contributed by atoms with van der Waals surface area (Å²) in [6.07, 6.45) is 4.29. The van der Waals surface area contributed by atoms with Gasteiger partial charge >= 0.3 is 0 Å². The van der Waals surface area contributed by atoms with E-state index in [1.54, 1.807) is 0 Å². The number of nitrogens with zero attached hydrogens (tertiary/aromatic N) is 1. The maximum Gasteiger partial charge on any atom is 0.0602 e. The first kappa shape index (κ1) is 13.2. The maximum atomic E-state index is 4.52. The molecule has 1 N–H and O–H groups in total. The van der Waals surface area contributed by atoms with Gasteiger partial charge in [-0.15, -0.1) is 0 Å². The standard InChI is InChI=1S/C14H24N2/c1-5-11(3)10-13(15-6-2)14-12(4)8-7-9-16-14/h7-9,11,13,15H,5-6,10H2,1-4H3. The molecule has 0 aromatic carbocycles. The smallest absolute Gasteiger partial charge is 0.0602 e. The van der Waals surface area contributed by atoms with Crippen LogP contribution in [-0.4, -0.2) is 11.5 Å². The minimum Gasteiger partial charge on any atom is -0.309 e. The Hall–Kier alpha value is -0.890. The second-order valence-electron chi connectivity index (χ2n) is 4.56. The molecule has 90 valence electrons. The van der Waals surface area contributed by atoms with E-state index in [0.717, 1.165) is 12.5 Å². The third kappa shape index (κ3) is 3.60. The summed E-state index contributed by atoms with van der Waals surface area (Å²) in [5.74, 6) is 0.741. The van der Waals surface area contributed by atoms with Gasteiger partial charge in [-0.25, -0.2) is 0 Å². The fourth-order valence-electron chi connectivity index (χ4n) is 1.97. The lowest BCUT2D eigenvalue weighted by atomic mass is 9.95. The van der Waals surface area contributed by atoms with Gasteiger partial charge in [-0.05, 0) is 37.4 Å². The minimum absolute atomic E-state index is 0.404. The number of pyridine rings is 1. The summed E-state index contributed by atoms with van der Waals surface area (Å²) in [4.78, 5) is 4.52. The molecular formula is C14H24N2. The molecule has 0 aliphatic heterocycles. The number of rotatable bonds is 6. The van der Waals surface area contributed by atoms with Crippen molar-refractivity contribution in [1.82, 2.24) is 10.3 Å². The van der Waals surface area contributed by atoms with Crippen LogP contribution in [0.5, 0.6) is 0 Å². The van der Waals surface area contributed by atoms with Crippen LogP contribution in [-0.2, 0) is 0 Å². The lowest BCUT2D eigenvalue weighted by Gasteiger charge is -2.22. The highest BCUT2D eigenvalue weighted by atomic mass is 14.9. The van der Waals surface area contributed by atoms with Crippen molar-refractivity contribution in [2.45, 2.75) is 46.6 Å². The number of hydrogen-bond acceptors (Lipinski definition) is 2. The van der Waals surface area contributed by atoms with E-state index in [1.165, 1.54) is 24.1 Å². The van der Waals surface area contributed by atoms with Crippen LogP contribution in [0, 0.1) is 12.8 Å². The summed E-state index contributed by atoms with van der Waals surface area (Å²) in [7, 11) is 0. The predicted molar refractivity (Wildman–Crippen MR) is 69.5 cm³/mol. The fourth-order valence-corrected chi connectivity index (χ4v) is 1.97. The first-order valence-corrected chi connectivity index (χ1v) is 6.33. The Balaban J connectivity index is 2.80. The first-order chi connectivity index (χ1) is 7.69. The highest BCUT2D eigenvalue weighted by Gasteiger charge is 2.16. The van der Waals surface area contributed by atoms with E-state index in [1.807, 2.05) is 12.3 Å². The third-order valence-corrected chi connectivity index (χ3v) is 3.17. The van der Waals surface area contributed by atoms with Gasteiger partial charge in [-0.3, -0.25) is 4.98 Å². The second-order valence-corrected chi connectivity index (χ2v) is 4.56. The highest BCUT2D eigenvalue weighted by Crippen LogP contribution is 2.23. The van der Waals surface area contributed by atoms with Crippen LogP contribution in [0.4, 0.5) is 0 Å². The second kappa shape index (κ2) is 6.64. The van der Waals surface area contributed by atoms with Crippen molar-refractivity contribution in [1.29, 1.82) is 0 Å². The first-order valence-electron chi connectivity index (χ1n) is 6.33. The van der Waals surface area contributed by atoms with Crippen molar-refractivity contribution in [2.24, 2.45) is 5.92 Å². The molecule has 1 heterocycles. The maximum absolute atomic E-state index is 4.52. The molecule has 0 spiro atoms. The average Bonchev–Trinajstić information content (AvgIpc) is 2.29. The number of hydrogen-bond donors (Lipinski definition) is 1. The van der Waals surface area contributed by atoms with E-state index in [4.69, 9.17) is 0 Å². The van der Waals surface area contributed by atoms with Gasteiger partial charge < -0.3 is 5.32 Å². The van der Waals surface area contributed by atoms with Crippen molar-refractivity contribution < 1.29 is 0 Å².